The lowest BCUT2D eigenvalue weighted by atomic mass is 10.1. The maximum absolute atomic E-state index is 9.09. The molecule has 54 valence electrons. The third kappa shape index (κ3) is 1.40. The van der Waals surface area contributed by atoms with Crippen LogP contribution in [0.2, 0.25) is 0 Å². The Labute approximate surface area is 53.9 Å². The standard InChI is InChI=1S/C5H12N2O2/c1-3-5(9)4(8)2-6-7-3/h3-9H,2H2,1H3/t3-,4+,5-/m0/s1. The number of hydrogen-bond donors (Lipinski definition) is 4. The zero-order chi connectivity index (χ0) is 6.85. The molecule has 0 amide bonds. The fourth-order valence-corrected chi connectivity index (χ4v) is 0.864. The van der Waals surface area contributed by atoms with Crippen LogP contribution < -0.4 is 10.9 Å². The van der Waals surface area contributed by atoms with E-state index in [0.29, 0.717) is 6.54 Å². The van der Waals surface area contributed by atoms with Crippen LogP contribution >= 0.6 is 0 Å². The van der Waals surface area contributed by atoms with Gasteiger partial charge in [0.2, 0.25) is 0 Å². The molecular weight excluding hydrogens is 120 g/mol. The number of β-amino-alcohol motifs (C(OH)–C–C–N with tert-alkyl or cyclic N) is 1. The minimum atomic E-state index is -0.647. The van der Waals surface area contributed by atoms with Crippen LogP contribution in [-0.4, -0.2) is 35.0 Å². The van der Waals surface area contributed by atoms with Gasteiger partial charge in [-0.2, -0.15) is 0 Å². The van der Waals surface area contributed by atoms with Gasteiger partial charge in [0.25, 0.3) is 0 Å². The highest BCUT2D eigenvalue weighted by molar-refractivity contribution is 4.81. The first-order valence-corrected chi connectivity index (χ1v) is 3.06. The van der Waals surface area contributed by atoms with Gasteiger partial charge in [-0.15, -0.1) is 0 Å². The topological polar surface area (TPSA) is 64.5 Å². The molecule has 0 unspecified atom stereocenters. The molecule has 9 heavy (non-hydrogen) atoms. The molecular formula is C5H12N2O2. The zero-order valence-corrected chi connectivity index (χ0v) is 5.33. The van der Waals surface area contributed by atoms with Crippen molar-refractivity contribution in [1.82, 2.24) is 10.9 Å². The third-order valence-electron chi connectivity index (χ3n) is 1.55. The molecule has 4 N–H and O–H groups in total. The van der Waals surface area contributed by atoms with Gasteiger partial charge in [-0.3, -0.25) is 10.9 Å². The summed E-state index contributed by atoms with van der Waals surface area (Å²) < 4.78 is 0. The molecule has 0 bridgehead atoms. The van der Waals surface area contributed by atoms with Crippen LogP contribution in [0.25, 0.3) is 0 Å². The first-order chi connectivity index (χ1) is 4.22. The van der Waals surface area contributed by atoms with Crippen LogP contribution in [0, 0.1) is 0 Å². The van der Waals surface area contributed by atoms with Crippen molar-refractivity contribution in [2.24, 2.45) is 0 Å². The van der Waals surface area contributed by atoms with Crippen LogP contribution in [0.15, 0.2) is 0 Å². The Hall–Kier alpha value is -0.160. The van der Waals surface area contributed by atoms with Gasteiger partial charge in [-0.25, -0.2) is 0 Å². The Bertz CT molecular complexity index is 89.0. The summed E-state index contributed by atoms with van der Waals surface area (Å²) in [6.07, 6.45) is -1.28. The Morgan fingerprint density at radius 3 is 2.56 bits per heavy atom. The number of nitrogens with one attached hydrogen (secondary N) is 2. The monoisotopic (exact) mass is 132 g/mol. The molecule has 3 atom stereocenters. The summed E-state index contributed by atoms with van der Waals surface area (Å²) >= 11 is 0. The Morgan fingerprint density at radius 1 is 1.44 bits per heavy atom. The molecule has 1 heterocycles. The summed E-state index contributed by atoms with van der Waals surface area (Å²) in [7, 11) is 0. The summed E-state index contributed by atoms with van der Waals surface area (Å²) in [6, 6.07) is -0.0752. The number of hydrogen-bond acceptors (Lipinski definition) is 4. The summed E-state index contributed by atoms with van der Waals surface area (Å²) in [4.78, 5) is 0. The van der Waals surface area contributed by atoms with Crippen molar-refractivity contribution < 1.29 is 10.2 Å². The molecule has 1 rings (SSSR count). The van der Waals surface area contributed by atoms with Gasteiger partial charge < -0.3 is 10.2 Å². The summed E-state index contributed by atoms with van der Waals surface area (Å²) in [5, 5.41) is 18.1. The van der Waals surface area contributed by atoms with Crippen LogP contribution in [0.3, 0.4) is 0 Å². The van der Waals surface area contributed by atoms with Crippen LogP contribution in [-0.2, 0) is 0 Å². The minimum Gasteiger partial charge on any atom is -0.389 e. The van der Waals surface area contributed by atoms with Crippen LogP contribution in [0.5, 0.6) is 0 Å². The molecule has 0 radical (unpaired) electrons. The van der Waals surface area contributed by atoms with E-state index in [9.17, 15) is 0 Å². The largest absolute Gasteiger partial charge is 0.389 e. The lowest BCUT2D eigenvalue weighted by Gasteiger charge is -2.30. The lowest BCUT2D eigenvalue weighted by molar-refractivity contribution is -0.0263. The maximum atomic E-state index is 9.09. The van der Waals surface area contributed by atoms with Gasteiger partial charge >= 0.3 is 0 Å². The molecule has 1 saturated heterocycles. The predicted octanol–water partition coefficient (Wildman–Crippen LogP) is -1.80. The summed E-state index contributed by atoms with van der Waals surface area (Å²) in [5.41, 5.74) is 5.56. The molecule has 0 aliphatic carbocycles. The molecule has 0 spiro atoms. The van der Waals surface area contributed by atoms with Gasteiger partial charge in [0.15, 0.2) is 0 Å². The molecule has 4 nitrogen and oxygen atoms in total. The van der Waals surface area contributed by atoms with Gasteiger partial charge in [0.05, 0.1) is 12.2 Å². The van der Waals surface area contributed by atoms with E-state index < -0.39 is 12.2 Å². The number of hydrazine groups is 1. The van der Waals surface area contributed by atoms with E-state index >= 15 is 0 Å². The average molecular weight is 132 g/mol. The Morgan fingerprint density at radius 2 is 2.11 bits per heavy atom. The number of aliphatic hydroxyl groups is 2. The summed E-state index contributed by atoms with van der Waals surface area (Å²) in [5.74, 6) is 0. The smallest absolute Gasteiger partial charge is 0.0975 e. The van der Waals surface area contributed by atoms with E-state index in [1.54, 1.807) is 6.92 Å². The van der Waals surface area contributed by atoms with E-state index in [1.807, 2.05) is 0 Å². The highest BCUT2D eigenvalue weighted by Gasteiger charge is 2.26. The minimum absolute atomic E-state index is 0.0752. The van der Waals surface area contributed by atoms with Crippen LogP contribution in [0.1, 0.15) is 6.92 Å². The van der Waals surface area contributed by atoms with E-state index in [2.05, 4.69) is 10.9 Å². The molecule has 0 aromatic rings. The molecule has 1 aliphatic rings. The fourth-order valence-electron chi connectivity index (χ4n) is 0.864. The molecule has 0 aromatic heterocycles. The molecule has 0 saturated carbocycles. The van der Waals surface area contributed by atoms with Crippen LogP contribution in [0.4, 0.5) is 0 Å². The quantitative estimate of drug-likeness (QED) is 0.314. The highest BCUT2D eigenvalue weighted by atomic mass is 16.3. The lowest BCUT2D eigenvalue weighted by Crippen LogP contribution is -2.59. The number of aliphatic hydroxyl groups excluding tert-OH is 2. The van der Waals surface area contributed by atoms with Gasteiger partial charge in [0.1, 0.15) is 0 Å². The van der Waals surface area contributed by atoms with E-state index in [4.69, 9.17) is 10.2 Å². The second-order valence-corrected chi connectivity index (χ2v) is 2.37. The molecule has 1 aliphatic heterocycles. The van der Waals surface area contributed by atoms with Gasteiger partial charge in [0, 0.05) is 12.6 Å². The molecule has 1 fully saturated rings. The average Bonchev–Trinajstić information content (AvgIpc) is 1.83. The predicted molar refractivity (Wildman–Crippen MR) is 32.6 cm³/mol. The van der Waals surface area contributed by atoms with Crippen molar-refractivity contribution in [3.8, 4) is 0 Å². The second kappa shape index (κ2) is 2.62. The molecule has 4 heteroatoms. The van der Waals surface area contributed by atoms with E-state index in [1.165, 1.54) is 0 Å². The SMILES string of the molecule is C[C@@H]1NNC[C@@H](O)[C@H]1O. The third-order valence-corrected chi connectivity index (χ3v) is 1.55. The first-order valence-electron chi connectivity index (χ1n) is 3.06. The normalized spacial score (nSPS) is 45.0. The Kier molecular flexibility index (Phi) is 2.02. The van der Waals surface area contributed by atoms with Crippen molar-refractivity contribution in [3.63, 3.8) is 0 Å². The highest BCUT2D eigenvalue weighted by Crippen LogP contribution is 2.01. The van der Waals surface area contributed by atoms with Crippen molar-refractivity contribution in [3.05, 3.63) is 0 Å². The first kappa shape index (κ1) is 6.95. The van der Waals surface area contributed by atoms with E-state index in [-0.39, 0.29) is 6.04 Å². The van der Waals surface area contributed by atoms with Crippen molar-refractivity contribution >= 4 is 0 Å². The number of rotatable bonds is 0. The van der Waals surface area contributed by atoms with Gasteiger partial charge in [-0.05, 0) is 6.92 Å². The summed E-state index contributed by atoms with van der Waals surface area (Å²) in [6.45, 7) is 2.21. The zero-order valence-electron chi connectivity index (χ0n) is 5.33. The fraction of sp³-hybridized carbons (Fsp3) is 1.00. The van der Waals surface area contributed by atoms with Gasteiger partial charge in [-0.1, -0.05) is 0 Å². The Balaban J connectivity index is 2.41. The maximum Gasteiger partial charge on any atom is 0.0975 e. The van der Waals surface area contributed by atoms with Crippen molar-refractivity contribution in [1.29, 1.82) is 0 Å². The second-order valence-electron chi connectivity index (χ2n) is 2.37. The van der Waals surface area contributed by atoms with Crippen molar-refractivity contribution in [2.45, 2.75) is 25.2 Å². The molecule has 0 aromatic carbocycles. The van der Waals surface area contributed by atoms with E-state index in [0.717, 1.165) is 0 Å². The van der Waals surface area contributed by atoms with Crippen molar-refractivity contribution in [2.75, 3.05) is 6.54 Å².